The normalized spacial score (nSPS) is 14.8. The van der Waals surface area contributed by atoms with Crippen LogP contribution in [-0.2, 0) is 9.31 Å². The van der Waals surface area contributed by atoms with Crippen molar-refractivity contribution in [2.75, 3.05) is 13.2 Å². The van der Waals surface area contributed by atoms with Crippen molar-refractivity contribution in [2.45, 2.75) is 13.8 Å². The third-order valence-corrected chi connectivity index (χ3v) is 7.12. The fraction of sp³-hybridized carbons (Fsp3) is 0.143. The minimum absolute atomic E-state index is 0.0107. The van der Waals surface area contributed by atoms with E-state index in [0.717, 1.165) is 16.6 Å². The van der Waals surface area contributed by atoms with Crippen LogP contribution >= 0.6 is 0 Å². The maximum atomic E-state index is 6.27. The van der Waals surface area contributed by atoms with E-state index in [1.54, 1.807) is 0 Å². The van der Waals surface area contributed by atoms with Gasteiger partial charge >= 0.3 is 7.12 Å². The Labute approximate surface area is 226 Å². The standard InChI is InChI=1S/C35H31BO2/c1-35(2)24-37-36(38-25-35)30-22-28(33-19-11-9-17-31(33)26-13-5-3-6-14-26)21-29(23-30)34-20-12-10-18-32(34)27-15-7-4-8-16-27/h3-23H,24-25H2,1-2H3. The van der Waals surface area contributed by atoms with Crippen LogP contribution in [0.15, 0.2) is 127 Å². The third-order valence-electron chi connectivity index (χ3n) is 7.12. The molecule has 0 bridgehead atoms. The predicted molar refractivity (Wildman–Crippen MR) is 159 cm³/mol. The molecule has 5 aromatic rings. The summed E-state index contributed by atoms with van der Waals surface area (Å²) in [6, 6.07) is 45.2. The van der Waals surface area contributed by atoms with Crippen molar-refractivity contribution in [1.29, 1.82) is 0 Å². The number of benzene rings is 5. The largest absolute Gasteiger partial charge is 0.493 e. The molecule has 6 rings (SSSR count). The summed E-state index contributed by atoms with van der Waals surface area (Å²) >= 11 is 0. The van der Waals surface area contributed by atoms with Gasteiger partial charge in [0.1, 0.15) is 0 Å². The van der Waals surface area contributed by atoms with E-state index >= 15 is 0 Å². The molecular formula is C35H31BO2. The van der Waals surface area contributed by atoms with Gasteiger partial charge in [-0.25, -0.2) is 0 Å². The van der Waals surface area contributed by atoms with E-state index in [4.69, 9.17) is 9.31 Å². The quantitative estimate of drug-likeness (QED) is 0.230. The fourth-order valence-electron chi connectivity index (χ4n) is 5.19. The number of rotatable bonds is 5. The summed E-state index contributed by atoms with van der Waals surface area (Å²) in [5.74, 6) is 0. The van der Waals surface area contributed by atoms with E-state index in [9.17, 15) is 0 Å². The van der Waals surface area contributed by atoms with Crippen LogP contribution in [0.2, 0.25) is 0 Å². The van der Waals surface area contributed by atoms with Crippen molar-refractivity contribution in [3.05, 3.63) is 127 Å². The highest BCUT2D eigenvalue weighted by molar-refractivity contribution is 6.61. The Bertz CT molecular complexity index is 1430. The molecule has 0 spiro atoms. The molecule has 1 saturated heterocycles. The van der Waals surface area contributed by atoms with Crippen molar-refractivity contribution in [3.8, 4) is 44.5 Å². The second-order valence-corrected chi connectivity index (χ2v) is 10.8. The third kappa shape index (κ3) is 5.08. The zero-order valence-corrected chi connectivity index (χ0v) is 21.9. The molecule has 0 radical (unpaired) electrons. The smallest absolute Gasteiger partial charge is 0.407 e. The van der Waals surface area contributed by atoms with Gasteiger partial charge in [-0.1, -0.05) is 135 Å². The summed E-state index contributed by atoms with van der Waals surface area (Å²) in [6.07, 6.45) is 0. The Hall–Kier alpha value is -3.92. The lowest BCUT2D eigenvalue weighted by atomic mass is 9.73. The molecule has 0 unspecified atom stereocenters. The van der Waals surface area contributed by atoms with E-state index in [2.05, 4.69) is 141 Å². The minimum Gasteiger partial charge on any atom is -0.407 e. The van der Waals surface area contributed by atoms with Crippen LogP contribution in [0.3, 0.4) is 0 Å². The highest BCUT2D eigenvalue weighted by Crippen LogP contribution is 2.37. The van der Waals surface area contributed by atoms with Crippen molar-refractivity contribution < 1.29 is 9.31 Å². The predicted octanol–water partition coefficient (Wildman–Crippen LogP) is 8.12. The molecule has 1 aliphatic heterocycles. The van der Waals surface area contributed by atoms with Gasteiger partial charge in [0.05, 0.1) is 0 Å². The van der Waals surface area contributed by atoms with Crippen molar-refractivity contribution in [2.24, 2.45) is 5.41 Å². The Kier molecular flexibility index (Phi) is 6.72. The van der Waals surface area contributed by atoms with Crippen molar-refractivity contribution in [3.63, 3.8) is 0 Å². The Morgan fingerprint density at radius 3 is 1.26 bits per heavy atom. The molecule has 0 amide bonds. The zero-order valence-electron chi connectivity index (χ0n) is 21.9. The molecule has 2 nitrogen and oxygen atoms in total. The lowest BCUT2D eigenvalue weighted by Crippen LogP contribution is -2.47. The minimum atomic E-state index is -0.394. The maximum Gasteiger partial charge on any atom is 0.493 e. The van der Waals surface area contributed by atoms with Gasteiger partial charge in [-0.15, -0.1) is 0 Å². The molecule has 0 N–H and O–H groups in total. The van der Waals surface area contributed by atoms with Crippen LogP contribution in [0.1, 0.15) is 13.8 Å². The van der Waals surface area contributed by atoms with Gasteiger partial charge in [0.2, 0.25) is 0 Å². The Morgan fingerprint density at radius 1 is 0.474 bits per heavy atom. The van der Waals surface area contributed by atoms with Crippen LogP contribution in [0.5, 0.6) is 0 Å². The summed E-state index contributed by atoms with van der Waals surface area (Å²) in [6.45, 7) is 5.69. The summed E-state index contributed by atoms with van der Waals surface area (Å²) < 4.78 is 12.5. The van der Waals surface area contributed by atoms with Crippen LogP contribution in [0.4, 0.5) is 0 Å². The lowest BCUT2D eigenvalue weighted by molar-refractivity contribution is 0.0343. The van der Waals surface area contributed by atoms with E-state index in [1.807, 2.05) is 0 Å². The molecule has 0 aromatic heterocycles. The van der Waals surface area contributed by atoms with Gasteiger partial charge in [-0.3, -0.25) is 0 Å². The second kappa shape index (κ2) is 10.5. The highest BCUT2D eigenvalue weighted by atomic mass is 16.6. The lowest BCUT2D eigenvalue weighted by Gasteiger charge is -2.33. The molecule has 0 aliphatic carbocycles. The highest BCUT2D eigenvalue weighted by Gasteiger charge is 2.34. The van der Waals surface area contributed by atoms with Gasteiger partial charge in [-0.05, 0) is 56.0 Å². The monoisotopic (exact) mass is 494 g/mol. The SMILES string of the molecule is CC1(C)COB(c2cc(-c3ccccc3-c3ccccc3)cc(-c3ccccc3-c3ccccc3)c2)OC1. The molecule has 0 atom stereocenters. The summed E-state index contributed by atoms with van der Waals surface area (Å²) in [5, 5.41) is 0. The Morgan fingerprint density at radius 2 is 0.842 bits per heavy atom. The molecule has 186 valence electrons. The van der Waals surface area contributed by atoms with E-state index in [0.29, 0.717) is 13.2 Å². The molecule has 1 heterocycles. The topological polar surface area (TPSA) is 18.5 Å². The van der Waals surface area contributed by atoms with E-state index in [-0.39, 0.29) is 5.41 Å². The first kappa shape index (κ1) is 24.4. The van der Waals surface area contributed by atoms with Gasteiger partial charge in [-0.2, -0.15) is 0 Å². The Balaban J connectivity index is 1.53. The molecule has 38 heavy (non-hydrogen) atoms. The average Bonchev–Trinajstić information content (AvgIpc) is 2.98. The van der Waals surface area contributed by atoms with Gasteiger partial charge in [0.15, 0.2) is 0 Å². The van der Waals surface area contributed by atoms with E-state index < -0.39 is 7.12 Å². The molecule has 0 saturated carbocycles. The van der Waals surface area contributed by atoms with Crippen LogP contribution < -0.4 is 5.46 Å². The number of hydrogen-bond donors (Lipinski definition) is 0. The summed E-state index contributed by atoms with van der Waals surface area (Å²) in [4.78, 5) is 0. The van der Waals surface area contributed by atoms with Crippen LogP contribution in [0, 0.1) is 5.41 Å². The van der Waals surface area contributed by atoms with Gasteiger partial charge < -0.3 is 9.31 Å². The first-order chi connectivity index (χ1) is 18.6. The molecular weight excluding hydrogens is 463 g/mol. The summed E-state index contributed by atoms with van der Waals surface area (Å²) in [7, 11) is -0.394. The maximum absolute atomic E-state index is 6.27. The van der Waals surface area contributed by atoms with Gasteiger partial charge in [0, 0.05) is 18.6 Å². The molecule has 1 fully saturated rings. The summed E-state index contributed by atoms with van der Waals surface area (Å²) in [5.41, 5.74) is 10.5. The average molecular weight is 494 g/mol. The van der Waals surface area contributed by atoms with Crippen LogP contribution in [0.25, 0.3) is 44.5 Å². The van der Waals surface area contributed by atoms with Crippen molar-refractivity contribution >= 4 is 12.6 Å². The van der Waals surface area contributed by atoms with E-state index in [1.165, 1.54) is 33.4 Å². The first-order valence-corrected chi connectivity index (χ1v) is 13.3. The number of hydrogen-bond acceptors (Lipinski definition) is 2. The molecule has 5 aromatic carbocycles. The van der Waals surface area contributed by atoms with Crippen molar-refractivity contribution in [1.82, 2.24) is 0 Å². The second-order valence-electron chi connectivity index (χ2n) is 10.8. The van der Waals surface area contributed by atoms with Crippen LogP contribution in [-0.4, -0.2) is 20.3 Å². The molecule has 3 heteroatoms. The zero-order chi connectivity index (χ0) is 26.0. The fourth-order valence-corrected chi connectivity index (χ4v) is 5.19. The molecule has 1 aliphatic rings. The first-order valence-electron chi connectivity index (χ1n) is 13.3. The van der Waals surface area contributed by atoms with Gasteiger partial charge in [0.25, 0.3) is 0 Å².